The predicted molar refractivity (Wildman–Crippen MR) is 113 cm³/mol. The molecule has 136 valence electrons. The van der Waals surface area contributed by atoms with Crippen LogP contribution >= 0.6 is 23.1 Å². The molecule has 0 atom stereocenters. The summed E-state index contributed by atoms with van der Waals surface area (Å²) in [4.78, 5) is 10.3. The summed E-state index contributed by atoms with van der Waals surface area (Å²) in [7, 11) is 0. The Hall–Kier alpha value is -2.24. The van der Waals surface area contributed by atoms with E-state index < -0.39 is 0 Å². The number of thiophene rings is 1. The number of nitrogens with zero attached hydrogens (tertiary/aromatic N) is 2. The van der Waals surface area contributed by atoms with Gasteiger partial charge in [-0.1, -0.05) is 43.3 Å². The molecular weight excluding hydrogens is 375 g/mol. The molecule has 0 spiro atoms. The molecule has 2 aromatic carbocycles. The van der Waals surface area contributed by atoms with E-state index in [9.17, 15) is 4.39 Å². The van der Waals surface area contributed by atoms with Crippen molar-refractivity contribution in [2.24, 2.45) is 0 Å². The van der Waals surface area contributed by atoms with Crippen molar-refractivity contribution in [2.45, 2.75) is 31.0 Å². The number of aryl methyl sites for hydroxylation is 2. The van der Waals surface area contributed by atoms with E-state index in [0.717, 1.165) is 33.1 Å². The van der Waals surface area contributed by atoms with Crippen LogP contribution in [0.2, 0.25) is 0 Å². The maximum absolute atomic E-state index is 13.5. The Morgan fingerprint density at radius 1 is 1.04 bits per heavy atom. The van der Waals surface area contributed by atoms with Crippen molar-refractivity contribution in [3.05, 3.63) is 76.7 Å². The van der Waals surface area contributed by atoms with Crippen LogP contribution in [-0.2, 0) is 12.2 Å². The molecule has 0 saturated heterocycles. The van der Waals surface area contributed by atoms with Gasteiger partial charge in [0.15, 0.2) is 0 Å². The van der Waals surface area contributed by atoms with Crippen molar-refractivity contribution in [2.75, 3.05) is 0 Å². The molecule has 0 aliphatic heterocycles. The van der Waals surface area contributed by atoms with E-state index in [0.29, 0.717) is 5.75 Å². The number of hydrogen-bond donors (Lipinski definition) is 0. The SMILES string of the molecule is CCc1ccc(-c2csc3nc(C)nc(SCc4cccc(F)c4)c23)cc1. The van der Waals surface area contributed by atoms with Gasteiger partial charge >= 0.3 is 0 Å². The van der Waals surface area contributed by atoms with Gasteiger partial charge in [-0.25, -0.2) is 14.4 Å². The zero-order valence-electron chi connectivity index (χ0n) is 15.2. The third-order valence-electron chi connectivity index (χ3n) is 4.45. The standard InChI is InChI=1S/C22H19FN2S2/c1-3-15-7-9-17(10-8-15)19-13-27-22-20(19)21(24-14(2)25-22)26-12-16-5-4-6-18(23)11-16/h4-11,13H,3,12H2,1-2H3. The van der Waals surface area contributed by atoms with Gasteiger partial charge in [-0.2, -0.15) is 0 Å². The largest absolute Gasteiger partial charge is 0.226 e. The molecule has 2 aromatic heterocycles. The summed E-state index contributed by atoms with van der Waals surface area (Å²) < 4.78 is 13.5. The van der Waals surface area contributed by atoms with Crippen molar-refractivity contribution in [1.29, 1.82) is 0 Å². The zero-order chi connectivity index (χ0) is 18.8. The first-order valence-corrected chi connectivity index (χ1v) is 10.7. The maximum Gasteiger partial charge on any atom is 0.128 e. The minimum absolute atomic E-state index is 0.204. The van der Waals surface area contributed by atoms with Gasteiger partial charge in [0.1, 0.15) is 21.5 Å². The van der Waals surface area contributed by atoms with Crippen LogP contribution in [0.15, 0.2) is 58.9 Å². The number of halogens is 1. The van der Waals surface area contributed by atoms with E-state index in [-0.39, 0.29) is 5.82 Å². The molecule has 5 heteroatoms. The fourth-order valence-corrected chi connectivity index (χ4v) is 5.11. The molecule has 2 heterocycles. The van der Waals surface area contributed by atoms with E-state index in [1.807, 2.05) is 13.0 Å². The number of thioether (sulfide) groups is 1. The summed E-state index contributed by atoms with van der Waals surface area (Å²) in [6.45, 7) is 4.08. The van der Waals surface area contributed by atoms with Crippen LogP contribution in [0.1, 0.15) is 23.9 Å². The monoisotopic (exact) mass is 394 g/mol. The lowest BCUT2D eigenvalue weighted by Crippen LogP contribution is -1.92. The average Bonchev–Trinajstić information content (AvgIpc) is 3.10. The molecule has 2 nitrogen and oxygen atoms in total. The van der Waals surface area contributed by atoms with Gasteiger partial charge in [0.25, 0.3) is 0 Å². The molecule has 0 radical (unpaired) electrons. The first kappa shape index (κ1) is 18.1. The zero-order valence-corrected chi connectivity index (χ0v) is 16.8. The first-order chi connectivity index (χ1) is 13.1. The first-order valence-electron chi connectivity index (χ1n) is 8.86. The number of fused-ring (bicyclic) bond motifs is 1. The molecule has 0 fully saturated rings. The third kappa shape index (κ3) is 3.89. The third-order valence-corrected chi connectivity index (χ3v) is 6.37. The molecule has 4 rings (SSSR count). The van der Waals surface area contributed by atoms with Crippen LogP contribution in [0, 0.1) is 12.7 Å². The highest BCUT2D eigenvalue weighted by atomic mass is 32.2. The summed E-state index contributed by atoms with van der Waals surface area (Å²) in [5, 5.41) is 4.21. The molecule has 0 bridgehead atoms. The lowest BCUT2D eigenvalue weighted by molar-refractivity contribution is 0.626. The van der Waals surface area contributed by atoms with Crippen molar-refractivity contribution >= 4 is 33.3 Å². The Bertz CT molecular complexity index is 1090. The van der Waals surface area contributed by atoms with Crippen molar-refractivity contribution < 1.29 is 4.39 Å². The number of benzene rings is 2. The summed E-state index contributed by atoms with van der Waals surface area (Å²) in [6.07, 6.45) is 1.03. The highest BCUT2D eigenvalue weighted by molar-refractivity contribution is 7.98. The Morgan fingerprint density at radius 3 is 2.59 bits per heavy atom. The van der Waals surface area contributed by atoms with Crippen molar-refractivity contribution in [3.8, 4) is 11.1 Å². The molecular formula is C22H19FN2S2. The van der Waals surface area contributed by atoms with Crippen LogP contribution in [-0.4, -0.2) is 9.97 Å². The van der Waals surface area contributed by atoms with Gasteiger partial charge in [0.2, 0.25) is 0 Å². The van der Waals surface area contributed by atoms with Gasteiger partial charge in [-0.3, -0.25) is 0 Å². The second-order valence-electron chi connectivity index (χ2n) is 6.37. The topological polar surface area (TPSA) is 25.8 Å². The van der Waals surface area contributed by atoms with Gasteiger partial charge in [0, 0.05) is 16.7 Å². The van der Waals surface area contributed by atoms with Crippen LogP contribution in [0.25, 0.3) is 21.3 Å². The molecule has 0 saturated carbocycles. The molecule has 0 aliphatic rings. The van der Waals surface area contributed by atoms with Crippen LogP contribution < -0.4 is 0 Å². The molecule has 0 N–H and O–H groups in total. The van der Waals surface area contributed by atoms with E-state index in [4.69, 9.17) is 4.98 Å². The molecule has 0 aliphatic carbocycles. The van der Waals surface area contributed by atoms with Gasteiger partial charge in [-0.15, -0.1) is 23.1 Å². The summed E-state index contributed by atoms with van der Waals surface area (Å²) in [5.74, 6) is 1.23. The van der Waals surface area contributed by atoms with E-state index in [2.05, 4.69) is 41.6 Å². The Kier molecular flexibility index (Phi) is 5.23. The Balaban J connectivity index is 1.73. The number of hydrogen-bond acceptors (Lipinski definition) is 4. The van der Waals surface area contributed by atoms with Crippen LogP contribution in [0.4, 0.5) is 4.39 Å². The summed E-state index contributed by atoms with van der Waals surface area (Å²) >= 11 is 3.28. The second kappa shape index (κ2) is 7.79. The maximum atomic E-state index is 13.5. The quantitative estimate of drug-likeness (QED) is 0.279. The van der Waals surface area contributed by atoms with E-state index >= 15 is 0 Å². The molecule has 0 amide bonds. The minimum Gasteiger partial charge on any atom is -0.226 e. The highest BCUT2D eigenvalue weighted by Gasteiger charge is 2.15. The molecule has 0 unspecified atom stereocenters. The Labute approximate surface area is 166 Å². The highest BCUT2D eigenvalue weighted by Crippen LogP contribution is 2.39. The second-order valence-corrected chi connectivity index (χ2v) is 8.20. The van der Waals surface area contributed by atoms with Gasteiger partial charge < -0.3 is 0 Å². The van der Waals surface area contributed by atoms with Crippen LogP contribution in [0.5, 0.6) is 0 Å². The van der Waals surface area contributed by atoms with Crippen LogP contribution in [0.3, 0.4) is 0 Å². The predicted octanol–water partition coefficient (Wildman–Crippen LogP) is 6.66. The average molecular weight is 395 g/mol. The van der Waals surface area contributed by atoms with Crippen molar-refractivity contribution in [3.63, 3.8) is 0 Å². The number of aromatic nitrogens is 2. The summed E-state index contributed by atoms with van der Waals surface area (Å²) in [5.41, 5.74) is 4.62. The molecule has 4 aromatic rings. The summed E-state index contributed by atoms with van der Waals surface area (Å²) in [6, 6.07) is 15.4. The van der Waals surface area contributed by atoms with Gasteiger partial charge in [0.05, 0.1) is 5.39 Å². The van der Waals surface area contributed by atoms with E-state index in [1.165, 1.54) is 22.8 Å². The Morgan fingerprint density at radius 2 is 1.85 bits per heavy atom. The van der Waals surface area contributed by atoms with Gasteiger partial charge in [-0.05, 0) is 42.2 Å². The lowest BCUT2D eigenvalue weighted by Gasteiger charge is -2.08. The minimum atomic E-state index is -0.204. The molecule has 27 heavy (non-hydrogen) atoms. The smallest absolute Gasteiger partial charge is 0.128 e. The fraction of sp³-hybridized carbons (Fsp3) is 0.182. The fourth-order valence-electron chi connectivity index (χ4n) is 3.03. The normalized spacial score (nSPS) is 11.2. The number of rotatable bonds is 5. The van der Waals surface area contributed by atoms with E-state index in [1.54, 1.807) is 35.2 Å². The van der Waals surface area contributed by atoms with Crippen molar-refractivity contribution in [1.82, 2.24) is 9.97 Å². The lowest BCUT2D eigenvalue weighted by atomic mass is 10.0.